The molecule has 0 radical (unpaired) electrons. The molecule has 0 aromatic carbocycles. The van der Waals surface area contributed by atoms with Crippen LogP contribution in [0.3, 0.4) is 0 Å². The second kappa shape index (κ2) is 5.66. The van der Waals surface area contributed by atoms with Crippen LogP contribution in [0.15, 0.2) is 22.9 Å². The molecular formula is C9H12BrClN2O. The first-order valence-electron chi connectivity index (χ1n) is 4.29. The molecule has 0 spiro atoms. The lowest BCUT2D eigenvalue weighted by atomic mass is 10.1. The van der Waals surface area contributed by atoms with Gasteiger partial charge in [-0.1, -0.05) is 0 Å². The smallest absolute Gasteiger partial charge is 0.106 e. The molecule has 78 valence electrons. The van der Waals surface area contributed by atoms with Gasteiger partial charge >= 0.3 is 0 Å². The minimum absolute atomic E-state index is 0. The van der Waals surface area contributed by atoms with Crippen molar-refractivity contribution in [2.75, 3.05) is 19.8 Å². The zero-order chi connectivity index (χ0) is 9.10. The highest BCUT2D eigenvalue weighted by molar-refractivity contribution is 9.10. The summed E-state index contributed by atoms with van der Waals surface area (Å²) in [5, 5.41) is 3.39. The molecule has 0 bridgehead atoms. The minimum atomic E-state index is 0. The van der Waals surface area contributed by atoms with Crippen molar-refractivity contribution in [3.05, 3.63) is 28.5 Å². The van der Waals surface area contributed by atoms with Gasteiger partial charge in [-0.05, 0) is 33.6 Å². The maximum Gasteiger partial charge on any atom is 0.106 e. The first kappa shape index (κ1) is 11.9. The third-order valence-corrected chi connectivity index (χ3v) is 2.51. The van der Waals surface area contributed by atoms with Gasteiger partial charge in [0, 0.05) is 12.7 Å². The summed E-state index contributed by atoms with van der Waals surface area (Å²) in [6, 6.07) is 4.34. The molecular weight excluding hydrogens is 267 g/mol. The Kier molecular flexibility index (Phi) is 4.81. The number of ether oxygens (including phenoxy) is 1. The quantitative estimate of drug-likeness (QED) is 0.798. The summed E-state index contributed by atoms with van der Waals surface area (Å²) in [5.41, 5.74) is 1.22. The first-order chi connectivity index (χ1) is 6.36. The largest absolute Gasteiger partial charge is 0.378 e. The number of halogens is 2. The molecule has 2 heterocycles. The Bertz CT molecular complexity index is 292. The second-order valence-corrected chi connectivity index (χ2v) is 3.81. The summed E-state index contributed by atoms with van der Waals surface area (Å²) in [6.07, 6.45) is 1.80. The van der Waals surface area contributed by atoms with E-state index in [0.29, 0.717) is 6.04 Å². The highest BCUT2D eigenvalue weighted by Gasteiger charge is 2.14. The third-order valence-electron chi connectivity index (χ3n) is 2.07. The molecule has 1 saturated heterocycles. The first-order valence-corrected chi connectivity index (χ1v) is 5.08. The lowest BCUT2D eigenvalue weighted by Gasteiger charge is -2.23. The molecule has 1 N–H and O–H groups in total. The van der Waals surface area contributed by atoms with Crippen LogP contribution in [0.4, 0.5) is 0 Å². The van der Waals surface area contributed by atoms with Crippen molar-refractivity contribution in [2.45, 2.75) is 6.04 Å². The summed E-state index contributed by atoms with van der Waals surface area (Å²) in [4.78, 5) is 4.08. The van der Waals surface area contributed by atoms with Crippen LogP contribution in [0.2, 0.25) is 0 Å². The topological polar surface area (TPSA) is 34.1 Å². The van der Waals surface area contributed by atoms with E-state index in [4.69, 9.17) is 4.74 Å². The fourth-order valence-corrected chi connectivity index (χ4v) is 1.80. The molecule has 1 aliphatic rings. The van der Waals surface area contributed by atoms with Crippen LogP contribution < -0.4 is 5.32 Å². The van der Waals surface area contributed by atoms with E-state index >= 15 is 0 Å². The van der Waals surface area contributed by atoms with Gasteiger partial charge in [-0.15, -0.1) is 12.4 Å². The standard InChI is InChI=1S/C9H11BrN2O.ClH/c10-9-5-7(1-2-12-9)8-6-13-4-3-11-8;/h1-2,5,8,11H,3-4,6H2;1H/t8-;/m0./s1. The average molecular weight is 280 g/mol. The van der Waals surface area contributed by atoms with E-state index in [0.717, 1.165) is 24.4 Å². The van der Waals surface area contributed by atoms with Gasteiger partial charge in [0.2, 0.25) is 0 Å². The zero-order valence-electron chi connectivity index (χ0n) is 7.57. The van der Waals surface area contributed by atoms with Crippen molar-refractivity contribution in [3.63, 3.8) is 0 Å². The van der Waals surface area contributed by atoms with Crippen molar-refractivity contribution < 1.29 is 4.74 Å². The molecule has 1 aromatic heterocycles. The number of hydrogen-bond acceptors (Lipinski definition) is 3. The van der Waals surface area contributed by atoms with E-state index < -0.39 is 0 Å². The van der Waals surface area contributed by atoms with Gasteiger partial charge in [-0.3, -0.25) is 0 Å². The van der Waals surface area contributed by atoms with Crippen LogP contribution in [0.1, 0.15) is 11.6 Å². The molecule has 1 aromatic rings. The predicted molar refractivity (Wildman–Crippen MR) is 60.7 cm³/mol. The van der Waals surface area contributed by atoms with Gasteiger partial charge < -0.3 is 10.1 Å². The molecule has 1 atom stereocenters. The van der Waals surface area contributed by atoms with Crippen LogP contribution in [0, 0.1) is 0 Å². The van der Waals surface area contributed by atoms with Crippen molar-refractivity contribution >= 4 is 28.3 Å². The number of rotatable bonds is 1. The minimum Gasteiger partial charge on any atom is -0.378 e. The summed E-state index contributed by atoms with van der Waals surface area (Å²) < 4.78 is 6.25. The monoisotopic (exact) mass is 278 g/mol. The summed E-state index contributed by atoms with van der Waals surface area (Å²) in [5.74, 6) is 0. The van der Waals surface area contributed by atoms with E-state index in [1.165, 1.54) is 5.56 Å². The van der Waals surface area contributed by atoms with Crippen molar-refractivity contribution in [3.8, 4) is 0 Å². The van der Waals surface area contributed by atoms with Gasteiger partial charge in [0.1, 0.15) is 4.60 Å². The second-order valence-electron chi connectivity index (χ2n) is 2.99. The van der Waals surface area contributed by atoms with E-state index in [2.05, 4.69) is 26.2 Å². The molecule has 0 aliphatic carbocycles. The van der Waals surface area contributed by atoms with Crippen LogP contribution in [-0.4, -0.2) is 24.7 Å². The normalized spacial score (nSPS) is 21.4. The summed E-state index contributed by atoms with van der Waals surface area (Å²) in [7, 11) is 0. The Hall–Kier alpha value is -0.160. The number of hydrogen-bond donors (Lipinski definition) is 1. The Labute approximate surface area is 97.8 Å². The number of morpholine rings is 1. The Morgan fingerprint density at radius 2 is 2.43 bits per heavy atom. The maximum atomic E-state index is 5.38. The molecule has 1 aliphatic heterocycles. The number of aromatic nitrogens is 1. The van der Waals surface area contributed by atoms with E-state index in [9.17, 15) is 0 Å². The van der Waals surface area contributed by atoms with E-state index in [1.807, 2.05) is 12.1 Å². The van der Waals surface area contributed by atoms with Crippen molar-refractivity contribution in [1.29, 1.82) is 0 Å². The van der Waals surface area contributed by atoms with Crippen LogP contribution in [-0.2, 0) is 4.74 Å². The van der Waals surface area contributed by atoms with Crippen LogP contribution in [0.25, 0.3) is 0 Å². The zero-order valence-corrected chi connectivity index (χ0v) is 9.97. The number of nitrogens with one attached hydrogen (secondary N) is 1. The van der Waals surface area contributed by atoms with Gasteiger partial charge in [-0.2, -0.15) is 0 Å². The molecule has 0 saturated carbocycles. The summed E-state index contributed by atoms with van der Waals surface area (Å²) >= 11 is 3.35. The van der Waals surface area contributed by atoms with Crippen molar-refractivity contribution in [1.82, 2.24) is 10.3 Å². The highest BCUT2D eigenvalue weighted by atomic mass is 79.9. The van der Waals surface area contributed by atoms with Gasteiger partial charge in [0.05, 0.1) is 19.3 Å². The molecule has 0 amide bonds. The Balaban J connectivity index is 0.000000980. The molecule has 1 fully saturated rings. The average Bonchev–Trinajstić information content (AvgIpc) is 2.19. The molecule has 3 nitrogen and oxygen atoms in total. The van der Waals surface area contributed by atoms with E-state index in [-0.39, 0.29) is 12.4 Å². The van der Waals surface area contributed by atoms with Crippen molar-refractivity contribution in [2.24, 2.45) is 0 Å². The number of nitrogens with zero attached hydrogens (tertiary/aromatic N) is 1. The van der Waals surface area contributed by atoms with Crippen LogP contribution in [0.5, 0.6) is 0 Å². The van der Waals surface area contributed by atoms with E-state index in [1.54, 1.807) is 6.20 Å². The molecule has 2 rings (SSSR count). The van der Waals surface area contributed by atoms with Crippen LogP contribution >= 0.6 is 28.3 Å². The van der Waals surface area contributed by atoms with Gasteiger partial charge in [0.25, 0.3) is 0 Å². The Morgan fingerprint density at radius 1 is 1.57 bits per heavy atom. The van der Waals surface area contributed by atoms with Gasteiger partial charge in [-0.25, -0.2) is 4.98 Å². The maximum absolute atomic E-state index is 5.38. The SMILES string of the molecule is Brc1cc([C@@H]2COCCN2)ccn1.Cl. The predicted octanol–water partition coefficient (Wildman–Crippen LogP) is 1.93. The van der Waals surface area contributed by atoms with Gasteiger partial charge in [0.15, 0.2) is 0 Å². The highest BCUT2D eigenvalue weighted by Crippen LogP contribution is 2.17. The fraction of sp³-hybridized carbons (Fsp3) is 0.444. The summed E-state index contributed by atoms with van der Waals surface area (Å²) in [6.45, 7) is 2.48. The lowest BCUT2D eigenvalue weighted by Crippen LogP contribution is -2.34. The molecule has 14 heavy (non-hydrogen) atoms. The molecule has 5 heteroatoms. The fourth-order valence-electron chi connectivity index (χ4n) is 1.41. The third kappa shape index (κ3) is 2.92. The lowest BCUT2D eigenvalue weighted by molar-refractivity contribution is 0.0768. The molecule has 0 unspecified atom stereocenters. The Morgan fingerprint density at radius 3 is 3.07 bits per heavy atom. The number of pyridine rings is 1.